The number of benzene rings is 2. The molecule has 0 unspecified atom stereocenters. The molecule has 0 aliphatic heterocycles. The summed E-state index contributed by atoms with van der Waals surface area (Å²) in [5.74, 6) is -0.0566. The van der Waals surface area contributed by atoms with Crippen LogP contribution in [0.5, 0.6) is 5.75 Å². The Labute approximate surface area is 98.4 Å². The molecule has 86 valence electrons. The number of hydrogen-bond donors (Lipinski definition) is 0. The minimum atomic E-state index is -0.566. The molecular formula is C13H11NO3. The second kappa shape index (κ2) is 5.12. The van der Waals surface area contributed by atoms with Gasteiger partial charge >= 0.3 is 5.97 Å². The van der Waals surface area contributed by atoms with E-state index in [1.807, 2.05) is 36.4 Å². The molecule has 0 saturated heterocycles. The van der Waals surface area contributed by atoms with E-state index in [1.54, 1.807) is 6.07 Å². The smallest absolute Gasteiger partial charge is 0.358 e. The van der Waals surface area contributed by atoms with Crippen molar-refractivity contribution >= 4 is 23.0 Å². The third kappa shape index (κ3) is 2.60. The first-order chi connectivity index (χ1) is 8.31. The highest BCUT2D eigenvalue weighted by molar-refractivity contribution is 6.24. The molecule has 4 heteroatoms. The fourth-order valence-electron chi connectivity index (χ4n) is 1.52. The molecule has 0 aromatic heterocycles. The van der Waals surface area contributed by atoms with Crippen LogP contribution in [0.2, 0.25) is 0 Å². The van der Waals surface area contributed by atoms with Crippen LogP contribution in [0.3, 0.4) is 0 Å². The summed E-state index contributed by atoms with van der Waals surface area (Å²) in [4.78, 5) is 15.8. The number of carbonyl (C=O) groups is 1. The van der Waals surface area contributed by atoms with Gasteiger partial charge in [0.05, 0.1) is 0 Å². The van der Waals surface area contributed by atoms with E-state index in [2.05, 4.69) is 9.99 Å². The van der Waals surface area contributed by atoms with Crippen LogP contribution in [0.1, 0.15) is 0 Å². The van der Waals surface area contributed by atoms with E-state index in [-0.39, 0.29) is 0 Å². The lowest BCUT2D eigenvalue weighted by atomic mass is 10.1. The summed E-state index contributed by atoms with van der Waals surface area (Å²) in [7, 11) is 1.36. The lowest BCUT2D eigenvalue weighted by Gasteiger charge is -2.05. The molecule has 2 rings (SSSR count). The molecule has 0 bridgehead atoms. The average Bonchev–Trinajstić information content (AvgIpc) is 2.37. The predicted octanol–water partition coefficient (Wildman–Crippen LogP) is 2.38. The van der Waals surface area contributed by atoms with E-state index >= 15 is 0 Å². The van der Waals surface area contributed by atoms with Crippen molar-refractivity contribution in [1.29, 1.82) is 0 Å². The van der Waals surface area contributed by atoms with Crippen molar-refractivity contribution in [1.82, 2.24) is 0 Å². The van der Waals surface area contributed by atoms with Gasteiger partial charge in [0, 0.05) is 5.39 Å². The Morgan fingerprint density at radius 2 is 1.94 bits per heavy atom. The molecule has 17 heavy (non-hydrogen) atoms. The van der Waals surface area contributed by atoms with Gasteiger partial charge in [-0.15, -0.1) is 0 Å². The molecular weight excluding hydrogens is 218 g/mol. The van der Waals surface area contributed by atoms with Crippen molar-refractivity contribution in [2.45, 2.75) is 0 Å². The van der Waals surface area contributed by atoms with Gasteiger partial charge in [0.15, 0.2) is 6.21 Å². The minimum Gasteiger partial charge on any atom is -0.422 e. The summed E-state index contributed by atoms with van der Waals surface area (Å²) >= 11 is 0. The second-order valence-electron chi connectivity index (χ2n) is 3.32. The zero-order valence-corrected chi connectivity index (χ0v) is 9.29. The summed E-state index contributed by atoms with van der Waals surface area (Å²) in [6.45, 7) is 0. The first kappa shape index (κ1) is 11.1. The molecule has 0 heterocycles. The topological polar surface area (TPSA) is 47.9 Å². The maximum atomic E-state index is 11.4. The van der Waals surface area contributed by atoms with Gasteiger partial charge in [-0.25, -0.2) is 4.79 Å². The third-order valence-corrected chi connectivity index (χ3v) is 2.22. The largest absolute Gasteiger partial charge is 0.422 e. The van der Waals surface area contributed by atoms with Gasteiger partial charge in [-0.2, -0.15) is 0 Å². The minimum absolute atomic E-state index is 0.510. The number of ether oxygens (including phenoxy) is 1. The van der Waals surface area contributed by atoms with E-state index in [4.69, 9.17) is 4.74 Å². The summed E-state index contributed by atoms with van der Waals surface area (Å²) in [5, 5.41) is 5.25. The van der Waals surface area contributed by atoms with Crippen LogP contribution in [-0.2, 0) is 9.63 Å². The van der Waals surface area contributed by atoms with E-state index in [0.717, 1.165) is 17.0 Å². The van der Waals surface area contributed by atoms with Crippen LogP contribution in [0.4, 0.5) is 0 Å². The van der Waals surface area contributed by atoms with Gasteiger partial charge in [-0.3, -0.25) is 0 Å². The van der Waals surface area contributed by atoms with E-state index in [1.165, 1.54) is 7.11 Å². The normalized spacial score (nSPS) is 10.6. The van der Waals surface area contributed by atoms with Crippen molar-refractivity contribution in [2.75, 3.05) is 7.11 Å². The molecule has 0 spiro atoms. The fraction of sp³-hybridized carbons (Fsp3) is 0.0769. The second-order valence-corrected chi connectivity index (χ2v) is 3.32. The van der Waals surface area contributed by atoms with E-state index < -0.39 is 5.97 Å². The van der Waals surface area contributed by atoms with Crippen molar-refractivity contribution in [3.63, 3.8) is 0 Å². The Bertz CT molecular complexity index is 558. The fourth-order valence-corrected chi connectivity index (χ4v) is 1.52. The van der Waals surface area contributed by atoms with Crippen molar-refractivity contribution in [3.05, 3.63) is 42.5 Å². The molecule has 0 saturated carbocycles. The number of rotatable bonds is 3. The Balaban J connectivity index is 2.30. The van der Waals surface area contributed by atoms with Crippen LogP contribution < -0.4 is 4.74 Å². The molecule has 0 radical (unpaired) electrons. The van der Waals surface area contributed by atoms with Crippen LogP contribution in [0, 0.1) is 0 Å². The summed E-state index contributed by atoms with van der Waals surface area (Å²) in [5.41, 5.74) is 0. The zero-order valence-electron chi connectivity index (χ0n) is 9.29. The van der Waals surface area contributed by atoms with Crippen LogP contribution in [-0.4, -0.2) is 19.3 Å². The van der Waals surface area contributed by atoms with E-state index in [9.17, 15) is 4.79 Å². The highest BCUT2D eigenvalue weighted by Crippen LogP contribution is 2.24. The zero-order chi connectivity index (χ0) is 12.1. The Morgan fingerprint density at radius 1 is 1.18 bits per heavy atom. The third-order valence-electron chi connectivity index (χ3n) is 2.22. The van der Waals surface area contributed by atoms with Gasteiger partial charge in [-0.05, 0) is 11.5 Å². The maximum Gasteiger partial charge on any atom is 0.358 e. The van der Waals surface area contributed by atoms with Crippen LogP contribution >= 0.6 is 0 Å². The van der Waals surface area contributed by atoms with Gasteiger partial charge < -0.3 is 9.57 Å². The number of oxime groups is 1. The molecule has 0 aliphatic rings. The number of hydrogen-bond acceptors (Lipinski definition) is 4. The van der Waals surface area contributed by atoms with Crippen LogP contribution in [0.25, 0.3) is 10.8 Å². The lowest BCUT2D eigenvalue weighted by Crippen LogP contribution is -2.09. The molecule has 4 nitrogen and oxygen atoms in total. The van der Waals surface area contributed by atoms with Gasteiger partial charge in [0.25, 0.3) is 0 Å². The van der Waals surface area contributed by atoms with Gasteiger partial charge in [-0.1, -0.05) is 41.6 Å². The molecule has 2 aromatic rings. The molecule has 0 fully saturated rings. The van der Waals surface area contributed by atoms with Gasteiger partial charge in [0.1, 0.15) is 12.9 Å². The Kier molecular flexibility index (Phi) is 3.35. The molecule has 0 aliphatic carbocycles. The lowest BCUT2D eigenvalue weighted by molar-refractivity contribution is -0.126. The summed E-state index contributed by atoms with van der Waals surface area (Å²) < 4.78 is 5.16. The average molecular weight is 229 g/mol. The first-order valence-corrected chi connectivity index (χ1v) is 5.07. The number of carbonyl (C=O) groups excluding carboxylic acids is 1. The monoisotopic (exact) mass is 229 g/mol. The Hall–Kier alpha value is -2.36. The summed E-state index contributed by atoms with van der Waals surface area (Å²) in [6.07, 6.45) is 0.988. The maximum absolute atomic E-state index is 11.4. The highest BCUT2D eigenvalue weighted by atomic mass is 16.6. The molecule has 0 N–H and O–H groups in total. The van der Waals surface area contributed by atoms with Crippen molar-refractivity contribution in [2.24, 2.45) is 5.16 Å². The van der Waals surface area contributed by atoms with Crippen molar-refractivity contribution < 1.29 is 14.4 Å². The quantitative estimate of drug-likeness (QED) is 0.351. The predicted molar refractivity (Wildman–Crippen MR) is 65.1 cm³/mol. The number of nitrogens with zero attached hydrogens (tertiary/aromatic N) is 1. The SMILES string of the molecule is CON=CC(=O)Oc1cccc2ccccc12. The Morgan fingerprint density at radius 3 is 2.76 bits per heavy atom. The number of esters is 1. The van der Waals surface area contributed by atoms with Crippen LogP contribution in [0.15, 0.2) is 47.6 Å². The van der Waals surface area contributed by atoms with Gasteiger partial charge in [0.2, 0.25) is 0 Å². The molecule has 0 atom stereocenters. The van der Waals surface area contributed by atoms with Crippen molar-refractivity contribution in [3.8, 4) is 5.75 Å². The standard InChI is InChI=1S/C13H11NO3/c1-16-14-9-13(15)17-12-8-4-6-10-5-2-3-7-11(10)12/h2-9H,1H3. The molecule has 2 aromatic carbocycles. The molecule has 0 amide bonds. The highest BCUT2D eigenvalue weighted by Gasteiger charge is 2.05. The number of fused-ring (bicyclic) bond motifs is 1. The first-order valence-electron chi connectivity index (χ1n) is 5.07. The van der Waals surface area contributed by atoms with E-state index in [0.29, 0.717) is 5.75 Å². The summed E-state index contributed by atoms with van der Waals surface area (Å²) in [6, 6.07) is 13.2.